The predicted molar refractivity (Wildman–Crippen MR) is 91.6 cm³/mol. The van der Waals surface area contributed by atoms with Crippen molar-refractivity contribution in [2.24, 2.45) is 0 Å². The van der Waals surface area contributed by atoms with Gasteiger partial charge in [-0.15, -0.1) is 0 Å². The van der Waals surface area contributed by atoms with Crippen LogP contribution in [0.3, 0.4) is 0 Å². The summed E-state index contributed by atoms with van der Waals surface area (Å²) < 4.78 is 17.4. The van der Waals surface area contributed by atoms with Crippen LogP contribution in [0.15, 0.2) is 45.3 Å². The molecule has 2 aromatic carbocycles. The molecule has 1 aromatic heterocycles. The Hall–Kier alpha value is -2.27. The van der Waals surface area contributed by atoms with Gasteiger partial charge in [0.05, 0.1) is 19.6 Å². The predicted octanol–water partition coefficient (Wildman–Crippen LogP) is 4.75. The smallest absolute Gasteiger partial charge is 0.228 e. The molecular weight excluding hydrogens is 360 g/mol. The third-order valence-electron chi connectivity index (χ3n) is 3.74. The summed E-state index contributed by atoms with van der Waals surface area (Å²) in [6.45, 7) is 1.85. The molecule has 3 aromatic rings. The quantitative estimate of drug-likeness (QED) is 0.618. The minimum absolute atomic E-state index is 0.160. The van der Waals surface area contributed by atoms with E-state index in [2.05, 4.69) is 15.9 Å². The van der Waals surface area contributed by atoms with Crippen LogP contribution in [0, 0.1) is 6.92 Å². The van der Waals surface area contributed by atoms with Gasteiger partial charge in [0, 0.05) is 27.7 Å². The van der Waals surface area contributed by atoms with E-state index in [1.54, 1.807) is 38.5 Å². The third kappa shape index (κ3) is 2.72. The molecule has 0 aliphatic carbocycles. The molecule has 23 heavy (non-hydrogen) atoms. The first-order valence-corrected chi connectivity index (χ1v) is 7.80. The van der Waals surface area contributed by atoms with Crippen LogP contribution in [0.25, 0.3) is 11.0 Å². The van der Waals surface area contributed by atoms with Crippen molar-refractivity contribution in [3.05, 3.63) is 57.8 Å². The summed E-state index contributed by atoms with van der Waals surface area (Å²) in [5.41, 5.74) is 1.90. The maximum atomic E-state index is 12.7. The number of fused-ring (bicyclic) bond motifs is 1. The van der Waals surface area contributed by atoms with Crippen LogP contribution < -0.4 is 9.47 Å². The van der Waals surface area contributed by atoms with E-state index in [0.717, 1.165) is 15.4 Å². The van der Waals surface area contributed by atoms with Crippen molar-refractivity contribution >= 4 is 32.7 Å². The van der Waals surface area contributed by atoms with Crippen LogP contribution in [0.5, 0.6) is 11.5 Å². The molecule has 0 spiro atoms. The van der Waals surface area contributed by atoms with Gasteiger partial charge >= 0.3 is 0 Å². The van der Waals surface area contributed by atoms with E-state index < -0.39 is 0 Å². The van der Waals surface area contributed by atoms with E-state index in [0.29, 0.717) is 28.4 Å². The summed E-state index contributed by atoms with van der Waals surface area (Å²) in [5.74, 6) is 1.39. The lowest BCUT2D eigenvalue weighted by molar-refractivity contribution is 0.101. The third-order valence-corrected chi connectivity index (χ3v) is 4.26. The summed E-state index contributed by atoms with van der Waals surface area (Å²) in [4.78, 5) is 12.7. The average molecular weight is 375 g/mol. The van der Waals surface area contributed by atoms with E-state index in [1.807, 2.05) is 19.1 Å². The molecule has 0 aliphatic heterocycles. The Morgan fingerprint density at radius 1 is 1.09 bits per heavy atom. The number of methoxy groups -OCH3 is 2. The van der Waals surface area contributed by atoms with Crippen molar-refractivity contribution in [1.29, 1.82) is 0 Å². The molecule has 3 rings (SSSR count). The molecular formula is C18H15BrO4. The SMILES string of the molecule is COc1cc(OC)c2c(C)c(C(=O)c3ccc(Br)cc3)oc2c1. The Morgan fingerprint density at radius 3 is 2.39 bits per heavy atom. The molecule has 0 saturated heterocycles. The van der Waals surface area contributed by atoms with Gasteiger partial charge in [-0.3, -0.25) is 4.79 Å². The van der Waals surface area contributed by atoms with Gasteiger partial charge in [-0.1, -0.05) is 15.9 Å². The van der Waals surface area contributed by atoms with Crippen LogP contribution in [0.1, 0.15) is 21.7 Å². The number of carbonyl (C=O) groups is 1. The molecule has 0 saturated carbocycles. The number of carbonyl (C=O) groups excluding carboxylic acids is 1. The fraction of sp³-hybridized carbons (Fsp3) is 0.167. The number of halogens is 1. The molecule has 5 heteroatoms. The first-order valence-electron chi connectivity index (χ1n) is 7.00. The lowest BCUT2D eigenvalue weighted by Crippen LogP contribution is -2.01. The van der Waals surface area contributed by atoms with Crippen LogP contribution >= 0.6 is 15.9 Å². The molecule has 0 aliphatic rings. The normalized spacial score (nSPS) is 10.8. The summed E-state index contributed by atoms with van der Waals surface area (Å²) in [5, 5.41) is 0.786. The maximum absolute atomic E-state index is 12.7. The molecule has 118 valence electrons. The van der Waals surface area contributed by atoms with E-state index >= 15 is 0 Å². The standard InChI is InChI=1S/C18H15BrO4/c1-10-16-14(22-3)8-13(21-2)9-15(16)23-18(10)17(20)11-4-6-12(19)7-5-11/h4-9H,1-3H3. The van der Waals surface area contributed by atoms with E-state index in [1.165, 1.54) is 0 Å². The van der Waals surface area contributed by atoms with Crippen molar-refractivity contribution in [1.82, 2.24) is 0 Å². The zero-order valence-corrected chi connectivity index (χ0v) is 14.6. The number of hydrogen-bond donors (Lipinski definition) is 0. The Labute approximate surface area is 142 Å². The second-order valence-corrected chi connectivity index (χ2v) is 6.01. The number of furan rings is 1. The van der Waals surface area contributed by atoms with Gasteiger partial charge in [-0.25, -0.2) is 0 Å². The number of rotatable bonds is 4. The lowest BCUT2D eigenvalue weighted by atomic mass is 10.0. The molecule has 0 N–H and O–H groups in total. The first kappa shape index (κ1) is 15.6. The fourth-order valence-electron chi connectivity index (χ4n) is 2.54. The minimum Gasteiger partial charge on any atom is -0.496 e. The molecule has 0 bridgehead atoms. The lowest BCUT2D eigenvalue weighted by Gasteiger charge is -2.05. The van der Waals surface area contributed by atoms with Gasteiger partial charge < -0.3 is 13.9 Å². The molecule has 0 unspecified atom stereocenters. The number of aryl methyl sites for hydroxylation is 1. The summed E-state index contributed by atoms with van der Waals surface area (Å²) in [6.07, 6.45) is 0. The van der Waals surface area contributed by atoms with Gasteiger partial charge in [-0.05, 0) is 31.2 Å². The van der Waals surface area contributed by atoms with E-state index in [9.17, 15) is 4.79 Å². The Kier molecular flexibility index (Phi) is 4.13. The number of ether oxygens (including phenoxy) is 2. The Morgan fingerprint density at radius 2 is 1.78 bits per heavy atom. The highest BCUT2D eigenvalue weighted by Crippen LogP contribution is 2.37. The van der Waals surface area contributed by atoms with Crippen molar-refractivity contribution in [3.8, 4) is 11.5 Å². The van der Waals surface area contributed by atoms with Crippen LogP contribution in [-0.4, -0.2) is 20.0 Å². The summed E-state index contributed by atoms with van der Waals surface area (Å²) in [6, 6.07) is 10.7. The average Bonchev–Trinajstić information content (AvgIpc) is 2.91. The van der Waals surface area contributed by atoms with Gasteiger partial charge in [-0.2, -0.15) is 0 Å². The summed E-state index contributed by atoms with van der Waals surface area (Å²) in [7, 11) is 3.15. The van der Waals surface area contributed by atoms with Crippen LogP contribution in [0.2, 0.25) is 0 Å². The van der Waals surface area contributed by atoms with E-state index in [4.69, 9.17) is 13.9 Å². The first-order chi connectivity index (χ1) is 11.0. The molecule has 4 nitrogen and oxygen atoms in total. The van der Waals surface area contributed by atoms with Crippen molar-refractivity contribution in [2.75, 3.05) is 14.2 Å². The fourth-order valence-corrected chi connectivity index (χ4v) is 2.81. The maximum Gasteiger partial charge on any atom is 0.228 e. The summed E-state index contributed by atoms with van der Waals surface area (Å²) >= 11 is 3.36. The minimum atomic E-state index is -0.160. The zero-order chi connectivity index (χ0) is 16.6. The Bertz CT molecular complexity index is 878. The highest BCUT2D eigenvalue weighted by Gasteiger charge is 2.22. The molecule has 0 amide bonds. The highest BCUT2D eigenvalue weighted by atomic mass is 79.9. The molecule has 0 fully saturated rings. The van der Waals surface area contributed by atoms with Crippen LogP contribution in [0.4, 0.5) is 0 Å². The van der Waals surface area contributed by atoms with Crippen LogP contribution in [-0.2, 0) is 0 Å². The van der Waals surface area contributed by atoms with E-state index in [-0.39, 0.29) is 5.78 Å². The van der Waals surface area contributed by atoms with Gasteiger partial charge in [0.15, 0.2) is 5.76 Å². The highest BCUT2D eigenvalue weighted by molar-refractivity contribution is 9.10. The van der Waals surface area contributed by atoms with Gasteiger partial charge in [0.2, 0.25) is 5.78 Å². The monoisotopic (exact) mass is 374 g/mol. The largest absolute Gasteiger partial charge is 0.496 e. The molecule has 1 heterocycles. The van der Waals surface area contributed by atoms with Crippen molar-refractivity contribution in [3.63, 3.8) is 0 Å². The second-order valence-electron chi connectivity index (χ2n) is 5.09. The van der Waals surface area contributed by atoms with Gasteiger partial charge in [0.25, 0.3) is 0 Å². The second kappa shape index (κ2) is 6.08. The molecule has 0 atom stereocenters. The molecule has 0 radical (unpaired) electrons. The number of benzene rings is 2. The van der Waals surface area contributed by atoms with Crippen molar-refractivity contribution < 1.29 is 18.7 Å². The topological polar surface area (TPSA) is 48.7 Å². The number of hydrogen-bond acceptors (Lipinski definition) is 4. The zero-order valence-electron chi connectivity index (χ0n) is 13.0. The van der Waals surface area contributed by atoms with Gasteiger partial charge in [0.1, 0.15) is 17.1 Å². The van der Waals surface area contributed by atoms with Crippen molar-refractivity contribution in [2.45, 2.75) is 6.92 Å². The Balaban J connectivity index is 2.16. The number of ketones is 1.